The lowest BCUT2D eigenvalue weighted by Crippen LogP contribution is -2.25. The van der Waals surface area contributed by atoms with Gasteiger partial charge in [-0.05, 0) is 43.5 Å². The normalized spacial score (nSPS) is 19.4. The first kappa shape index (κ1) is 12.1. The number of ketones is 1. The Morgan fingerprint density at radius 3 is 2.82 bits per heavy atom. The quantitative estimate of drug-likeness (QED) is 0.822. The van der Waals surface area contributed by atoms with Crippen molar-refractivity contribution in [1.29, 1.82) is 0 Å². The Morgan fingerprint density at radius 2 is 2.24 bits per heavy atom. The number of amides is 1. The first-order valence-corrected chi connectivity index (χ1v) is 6.05. The van der Waals surface area contributed by atoms with E-state index in [-0.39, 0.29) is 11.7 Å². The van der Waals surface area contributed by atoms with E-state index >= 15 is 0 Å². The fraction of sp³-hybridized carbons (Fsp3) is 0.385. The average molecular weight is 252 g/mol. The summed E-state index contributed by atoms with van der Waals surface area (Å²) < 4.78 is 0. The van der Waals surface area contributed by atoms with Gasteiger partial charge in [0, 0.05) is 17.1 Å². The van der Waals surface area contributed by atoms with Crippen molar-refractivity contribution in [1.82, 2.24) is 0 Å². The highest BCUT2D eigenvalue weighted by atomic mass is 35.5. The third kappa shape index (κ3) is 2.67. The summed E-state index contributed by atoms with van der Waals surface area (Å²) in [7, 11) is 0. The molecular formula is C13H14ClNO2. The van der Waals surface area contributed by atoms with Gasteiger partial charge in [0.25, 0.3) is 0 Å². The summed E-state index contributed by atoms with van der Waals surface area (Å²) in [6.45, 7) is 1.87. The standard InChI is InChI=1S/C13H14ClNO2/c1-8-7-9(5-6-11(8)14)15-13(17)10-3-2-4-12(10)16/h5-7,10H,2-4H2,1H3,(H,15,17). The Bertz CT molecular complexity index is 470. The molecule has 0 heterocycles. The Hall–Kier alpha value is -1.35. The van der Waals surface area contributed by atoms with E-state index in [0.717, 1.165) is 12.0 Å². The molecular weight excluding hydrogens is 238 g/mol. The maximum absolute atomic E-state index is 11.9. The van der Waals surface area contributed by atoms with Gasteiger partial charge >= 0.3 is 0 Å². The molecule has 1 unspecified atom stereocenters. The van der Waals surface area contributed by atoms with Gasteiger partial charge < -0.3 is 5.32 Å². The predicted octanol–water partition coefficient (Wildman–Crippen LogP) is 2.96. The minimum absolute atomic E-state index is 0.0492. The predicted molar refractivity (Wildman–Crippen MR) is 67.2 cm³/mol. The van der Waals surface area contributed by atoms with Crippen LogP contribution in [0, 0.1) is 12.8 Å². The molecule has 1 N–H and O–H groups in total. The lowest BCUT2D eigenvalue weighted by molar-refractivity contribution is -0.129. The summed E-state index contributed by atoms with van der Waals surface area (Å²) >= 11 is 5.90. The highest BCUT2D eigenvalue weighted by molar-refractivity contribution is 6.31. The molecule has 0 bridgehead atoms. The fourth-order valence-corrected chi connectivity index (χ4v) is 2.16. The molecule has 1 atom stereocenters. The zero-order valence-electron chi connectivity index (χ0n) is 9.63. The zero-order valence-corrected chi connectivity index (χ0v) is 10.4. The molecule has 2 rings (SSSR count). The Morgan fingerprint density at radius 1 is 1.47 bits per heavy atom. The first-order valence-electron chi connectivity index (χ1n) is 5.67. The fourth-order valence-electron chi connectivity index (χ4n) is 2.04. The SMILES string of the molecule is Cc1cc(NC(=O)C2CCCC2=O)ccc1Cl. The molecule has 1 aromatic rings. The van der Waals surface area contributed by atoms with Crippen LogP contribution in [-0.4, -0.2) is 11.7 Å². The van der Waals surface area contributed by atoms with Crippen molar-refractivity contribution in [2.75, 3.05) is 5.32 Å². The molecule has 1 amide bonds. The van der Waals surface area contributed by atoms with Crippen LogP contribution in [0.3, 0.4) is 0 Å². The van der Waals surface area contributed by atoms with Gasteiger partial charge in [-0.15, -0.1) is 0 Å². The van der Waals surface area contributed by atoms with E-state index in [1.165, 1.54) is 0 Å². The third-order valence-electron chi connectivity index (χ3n) is 3.05. The first-order chi connectivity index (χ1) is 8.08. The second kappa shape index (κ2) is 4.88. The number of carbonyl (C=O) groups excluding carboxylic acids is 2. The number of carbonyl (C=O) groups is 2. The molecule has 3 nitrogen and oxygen atoms in total. The van der Waals surface area contributed by atoms with Crippen LogP contribution in [0.5, 0.6) is 0 Å². The van der Waals surface area contributed by atoms with Crippen molar-refractivity contribution < 1.29 is 9.59 Å². The Balaban J connectivity index is 2.07. The summed E-state index contributed by atoms with van der Waals surface area (Å²) in [5.74, 6) is -0.617. The number of aryl methyl sites for hydroxylation is 1. The van der Waals surface area contributed by atoms with Gasteiger partial charge in [0.15, 0.2) is 0 Å². The minimum atomic E-state index is -0.467. The monoisotopic (exact) mass is 251 g/mol. The summed E-state index contributed by atoms with van der Waals surface area (Å²) in [6, 6.07) is 5.29. The van der Waals surface area contributed by atoms with Gasteiger partial charge in [0.05, 0.1) is 5.92 Å². The number of hydrogen-bond acceptors (Lipinski definition) is 2. The summed E-state index contributed by atoms with van der Waals surface area (Å²) in [4.78, 5) is 23.3. The maximum Gasteiger partial charge on any atom is 0.234 e. The van der Waals surface area contributed by atoms with Gasteiger partial charge in [0.1, 0.15) is 5.78 Å². The second-order valence-corrected chi connectivity index (χ2v) is 4.77. The molecule has 0 radical (unpaired) electrons. The largest absolute Gasteiger partial charge is 0.325 e. The highest BCUT2D eigenvalue weighted by Gasteiger charge is 2.30. The van der Waals surface area contributed by atoms with Gasteiger partial charge in [-0.3, -0.25) is 9.59 Å². The molecule has 1 aromatic carbocycles. The topological polar surface area (TPSA) is 46.2 Å². The van der Waals surface area contributed by atoms with Gasteiger partial charge in [-0.25, -0.2) is 0 Å². The number of Topliss-reactive ketones (excluding diaryl/α,β-unsaturated/α-hetero) is 1. The smallest absolute Gasteiger partial charge is 0.234 e. The number of rotatable bonds is 2. The van der Waals surface area contributed by atoms with Crippen molar-refractivity contribution in [3.63, 3.8) is 0 Å². The molecule has 0 saturated heterocycles. The second-order valence-electron chi connectivity index (χ2n) is 4.36. The summed E-state index contributed by atoms with van der Waals surface area (Å²) in [5.41, 5.74) is 1.60. The van der Waals surface area contributed by atoms with Crippen LogP contribution < -0.4 is 5.32 Å². The van der Waals surface area contributed by atoms with Crippen molar-refractivity contribution in [3.8, 4) is 0 Å². The van der Waals surface area contributed by atoms with Crippen LogP contribution >= 0.6 is 11.6 Å². The minimum Gasteiger partial charge on any atom is -0.325 e. The van der Waals surface area contributed by atoms with E-state index in [9.17, 15) is 9.59 Å². The van der Waals surface area contributed by atoms with Gasteiger partial charge in [0.2, 0.25) is 5.91 Å². The maximum atomic E-state index is 11.9. The van der Waals surface area contributed by atoms with Crippen molar-refractivity contribution in [3.05, 3.63) is 28.8 Å². The molecule has 0 aromatic heterocycles. The Labute approximate surface area is 105 Å². The van der Waals surface area contributed by atoms with E-state index in [2.05, 4.69) is 5.32 Å². The van der Waals surface area contributed by atoms with Gasteiger partial charge in [-0.1, -0.05) is 11.6 Å². The molecule has 17 heavy (non-hydrogen) atoms. The van der Waals surface area contributed by atoms with E-state index in [4.69, 9.17) is 11.6 Å². The zero-order chi connectivity index (χ0) is 12.4. The highest BCUT2D eigenvalue weighted by Crippen LogP contribution is 2.24. The van der Waals surface area contributed by atoms with Crippen molar-refractivity contribution in [2.24, 2.45) is 5.92 Å². The third-order valence-corrected chi connectivity index (χ3v) is 3.47. The molecule has 1 aliphatic carbocycles. The number of hydrogen-bond donors (Lipinski definition) is 1. The van der Waals surface area contributed by atoms with Crippen molar-refractivity contribution >= 4 is 29.0 Å². The van der Waals surface area contributed by atoms with Crippen LogP contribution in [0.25, 0.3) is 0 Å². The molecule has 0 aliphatic heterocycles. The molecule has 0 spiro atoms. The molecule has 1 saturated carbocycles. The number of anilines is 1. The number of benzene rings is 1. The molecule has 1 fully saturated rings. The van der Waals surface area contributed by atoms with Crippen LogP contribution in [0.1, 0.15) is 24.8 Å². The number of nitrogens with one attached hydrogen (secondary N) is 1. The van der Waals surface area contributed by atoms with E-state index in [1.807, 2.05) is 6.92 Å². The van der Waals surface area contributed by atoms with Crippen LogP contribution in [0.4, 0.5) is 5.69 Å². The van der Waals surface area contributed by atoms with Crippen LogP contribution in [0.15, 0.2) is 18.2 Å². The van der Waals surface area contributed by atoms with Gasteiger partial charge in [-0.2, -0.15) is 0 Å². The number of halogens is 1. The molecule has 1 aliphatic rings. The van der Waals surface area contributed by atoms with Crippen LogP contribution in [-0.2, 0) is 9.59 Å². The van der Waals surface area contributed by atoms with E-state index in [1.54, 1.807) is 18.2 Å². The lowest BCUT2D eigenvalue weighted by Gasteiger charge is -2.10. The van der Waals surface area contributed by atoms with Crippen LogP contribution in [0.2, 0.25) is 5.02 Å². The summed E-state index contributed by atoms with van der Waals surface area (Å²) in [5, 5.41) is 3.43. The van der Waals surface area contributed by atoms with Crippen molar-refractivity contribution in [2.45, 2.75) is 26.2 Å². The lowest BCUT2D eigenvalue weighted by atomic mass is 10.1. The average Bonchev–Trinajstić information content (AvgIpc) is 2.70. The molecule has 4 heteroatoms. The Kier molecular flexibility index (Phi) is 3.48. The van der Waals surface area contributed by atoms with E-state index < -0.39 is 5.92 Å². The summed E-state index contributed by atoms with van der Waals surface area (Å²) in [6.07, 6.45) is 2.01. The molecule has 90 valence electrons. The van der Waals surface area contributed by atoms with E-state index in [0.29, 0.717) is 23.6 Å².